The number of guanidine groups is 1. The van der Waals surface area contributed by atoms with Crippen LogP contribution in [0.5, 0.6) is 0 Å². The van der Waals surface area contributed by atoms with Crippen LogP contribution in [0, 0.1) is 0 Å². The predicted molar refractivity (Wildman–Crippen MR) is 46.5 cm³/mol. The lowest BCUT2D eigenvalue weighted by atomic mass is 10.5. The summed E-state index contributed by atoms with van der Waals surface area (Å²) in [5.74, 6) is 0.443. The highest BCUT2D eigenvalue weighted by atomic mass is 32.1. The summed E-state index contributed by atoms with van der Waals surface area (Å²) in [4.78, 5) is 7.81. The summed E-state index contributed by atoms with van der Waals surface area (Å²) < 4.78 is 0. The first-order valence-corrected chi connectivity index (χ1v) is 4.10. The van der Waals surface area contributed by atoms with E-state index in [9.17, 15) is 0 Å². The van der Waals surface area contributed by atoms with E-state index in [4.69, 9.17) is 5.73 Å². The lowest BCUT2D eigenvalue weighted by Crippen LogP contribution is -2.30. The second-order valence-electron chi connectivity index (χ2n) is 1.94. The van der Waals surface area contributed by atoms with Gasteiger partial charge in [-0.1, -0.05) is 0 Å². The van der Waals surface area contributed by atoms with E-state index in [0.717, 1.165) is 5.69 Å². The number of hydrogen-bond donors (Lipinski definition) is 2. The molecule has 1 heterocycles. The second-order valence-corrected chi connectivity index (χ2v) is 2.66. The molecule has 5 heteroatoms. The maximum Gasteiger partial charge on any atom is 0.188 e. The Hall–Kier alpha value is -1.10. The Kier molecular flexibility index (Phi) is 2.85. The first kappa shape index (κ1) is 8.00. The number of aliphatic imine (C=N–C) groups is 1. The Morgan fingerprint density at radius 3 is 3.27 bits per heavy atom. The molecule has 0 aromatic carbocycles. The van der Waals surface area contributed by atoms with Crippen LogP contribution in [0.1, 0.15) is 5.69 Å². The molecule has 0 spiro atoms. The molecule has 0 amide bonds. The number of nitrogens with one attached hydrogen (secondary N) is 1. The standard InChI is InChI=1S/C6H10N4S/c1-8-6(7)9-2-5-3-11-4-10-5/h3-4H,2H2,1H3,(H3,7,8,9). The summed E-state index contributed by atoms with van der Waals surface area (Å²) in [6, 6.07) is 0. The molecule has 0 atom stereocenters. The van der Waals surface area contributed by atoms with Crippen molar-refractivity contribution >= 4 is 17.3 Å². The Morgan fingerprint density at radius 2 is 2.73 bits per heavy atom. The summed E-state index contributed by atoms with van der Waals surface area (Å²) >= 11 is 1.57. The van der Waals surface area contributed by atoms with Crippen LogP contribution in [0.25, 0.3) is 0 Å². The van der Waals surface area contributed by atoms with Gasteiger partial charge in [-0.05, 0) is 0 Å². The zero-order valence-electron chi connectivity index (χ0n) is 6.24. The Labute approximate surface area is 69.2 Å². The minimum Gasteiger partial charge on any atom is -0.370 e. The number of nitrogens with two attached hydrogens (primary N) is 1. The van der Waals surface area contributed by atoms with Crippen LogP contribution in [0.3, 0.4) is 0 Å². The third-order valence-corrected chi connectivity index (χ3v) is 1.81. The first-order chi connectivity index (χ1) is 5.33. The van der Waals surface area contributed by atoms with Gasteiger partial charge in [0.25, 0.3) is 0 Å². The summed E-state index contributed by atoms with van der Waals surface area (Å²) in [5, 5.41) is 4.87. The average Bonchev–Trinajstić information content (AvgIpc) is 2.52. The minimum atomic E-state index is 0.443. The van der Waals surface area contributed by atoms with Gasteiger partial charge in [-0.2, -0.15) is 0 Å². The normalized spacial score (nSPS) is 11.5. The first-order valence-electron chi connectivity index (χ1n) is 3.16. The van der Waals surface area contributed by atoms with Crippen molar-refractivity contribution in [1.29, 1.82) is 0 Å². The zero-order valence-corrected chi connectivity index (χ0v) is 7.06. The lowest BCUT2D eigenvalue weighted by Gasteiger charge is -2.00. The van der Waals surface area contributed by atoms with Crippen LogP contribution < -0.4 is 11.1 Å². The molecule has 1 aromatic heterocycles. The number of thiazole rings is 1. The summed E-state index contributed by atoms with van der Waals surface area (Å²) in [6.07, 6.45) is 0. The van der Waals surface area contributed by atoms with E-state index in [1.807, 2.05) is 5.38 Å². The predicted octanol–water partition coefficient (Wildman–Crippen LogP) is 0.177. The third-order valence-electron chi connectivity index (χ3n) is 1.17. The van der Waals surface area contributed by atoms with E-state index in [0.29, 0.717) is 12.5 Å². The summed E-state index contributed by atoms with van der Waals surface area (Å²) in [5.41, 5.74) is 8.18. The molecule has 4 nitrogen and oxygen atoms in total. The molecular formula is C6H10N4S. The van der Waals surface area contributed by atoms with Crippen LogP contribution in [0.4, 0.5) is 0 Å². The van der Waals surface area contributed by atoms with Crippen LogP contribution in [-0.2, 0) is 6.54 Å². The maximum absolute atomic E-state index is 5.40. The van der Waals surface area contributed by atoms with Crippen LogP contribution in [-0.4, -0.2) is 18.0 Å². The number of rotatable bonds is 2. The van der Waals surface area contributed by atoms with Gasteiger partial charge in [-0.25, -0.2) is 4.98 Å². The third kappa shape index (κ3) is 2.55. The van der Waals surface area contributed by atoms with Crippen molar-refractivity contribution in [2.24, 2.45) is 10.7 Å². The smallest absolute Gasteiger partial charge is 0.188 e. The van der Waals surface area contributed by atoms with E-state index < -0.39 is 0 Å². The van der Waals surface area contributed by atoms with E-state index >= 15 is 0 Å². The molecule has 0 radical (unpaired) electrons. The molecule has 0 bridgehead atoms. The summed E-state index contributed by atoms with van der Waals surface area (Å²) in [7, 11) is 1.64. The van der Waals surface area contributed by atoms with Gasteiger partial charge in [0, 0.05) is 12.4 Å². The number of aromatic nitrogens is 1. The SMILES string of the molecule is CN=C(N)NCc1cscn1. The molecule has 3 N–H and O–H groups in total. The summed E-state index contributed by atoms with van der Waals surface area (Å²) in [6.45, 7) is 0.646. The lowest BCUT2D eigenvalue weighted by molar-refractivity contribution is 0.872. The van der Waals surface area contributed by atoms with Crippen molar-refractivity contribution in [2.45, 2.75) is 6.54 Å². The molecule has 0 unspecified atom stereocenters. The molecule has 0 fully saturated rings. The monoisotopic (exact) mass is 170 g/mol. The van der Waals surface area contributed by atoms with Gasteiger partial charge < -0.3 is 11.1 Å². The van der Waals surface area contributed by atoms with E-state index in [1.165, 1.54) is 0 Å². The number of hydrogen-bond acceptors (Lipinski definition) is 3. The van der Waals surface area contributed by atoms with Crippen molar-refractivity contribution in [3.63, 3.8) is 0 Å². The fourth-order valence-electron chi connectivity index (χ4n) is 0.585. The molecule has 60 valence electrons. The molecule has 0 saturated heterocycles. The average molecular weight is 170 g/mol. The van der Waals surface area contributed by atoms with Crippen LogP contribution in [0.15, 0.2) is 15.9 Å². The fraction of sp³-hybridized carbons (Fsp3) is 0.333. The Morgan fingerprint density at radius 1 is 1.91 bits per heavy atom. The largest absolute Gasteiger partial charge is 0.370 e. The molecule has 0 aliphatic heterocycles. The highest BCUT2D eigenvalue weighted by Gasteiger charge is 1.93. The molecule has 11 heavy (non-hydrogen) atoms. The molecular weight excluding hydrogens is 160 g/mol. The molecule has 0 aliphatic carbocycles. The molecule has 0 saturated carbocycles. The van der Waals surface area contributed by atoms with Gasteiger partial charge in [0.1, 0.15) is 0 Å². The Bertz CT molecular complexity index is 229. The number of nitrogens with zero attached hydrogens (tertiary/aromatic N) is 2. The van der Waals surface area contributed by atoms with Crippen molar-refractivity contribution in [3.8, 4) is 0 Å². The van der Waals surface area contributed by atoms with E-state index in [2.05, 4.69) is 15.3 Å². The molecule has 1 aromatic rings. The van der Waals surface area contributed by atoms with E-state index in [1.54, 1.807) is 23.9 Å². The second kappa shape index (κ2) is 3.92. The van der Waals surface area contributed by atoms with Crippen LogP contribution >= 0.6 is 11.3 Å². The van der Waals surface area contributed by atoms with Gasteiger partial charge in [-0.3, -0.25) is 4.99 Å². The van der Waals surface area contributed by atoms with Gasteiger partial charge in [0.2, 0.25) is 0 Å². The molecule has 1 rings (SSSR count). The highest BCUT2D eigenvalue weighted by Crippen LogP contribution is 1.98. The maximum atomic E-state index is 5.40. The van der Waals surface area contributed by atoms with Gasteiger partial charge in [-0.15, -0.1) is 11.3 Å². The van der Waals surface area contributed by atoms with Crippen molar-refractivity contribution in [2.75, 3.05) is 7.05 Å². The van der Waals surface area contributed by atoms with Crippen molar-refractivity contribution in [1.82, 2.24) is 10.3 Å². The van der Waals surface area contributed by atoms with E-state index in [-0.39, 0.29) is 0 Å². The van der Waals surface area contributed by atoms with Crippen LogP contribution in [0.2, 0.25) is 0 Å². The fourth-order valence-corrected chi connectivity index (χ4v) is 1.14. The quantitative estimate of drug-likeness (QED) is 0.491. The van der Waals surface area contributed by atoms with Gasteiger partial charge in [0.15, 0.2) is 5.96 Å². The van der Waals surface area contributed by atoms with Crippen molar-refractivity contribution in [3.05, 3.63) is 16.6 Å². The molecule has 0 aliphatic rings. The minimum absolute atomic E-state index is 0.443. The van der Waals surface area contributed by atoms with Gasteiger partial charge >= 0.3 is 0 Å². The topological polar surface area (TPSA) is 63.3 Å². The van der Waals surface area contributed by atoms with Gasteiger partial charge in [0.05, 0.1) is 17.7 Å². The highest BCUT2D eigenvalue weighted by molar-refractivity contribution is 7.07. The zero-order chi connectivity index (χ0) is 8.10. The Balaban J connectivity index is 2.35. The van der Waals surface area contributed by atoms with Crippen molar-refractivity contribution < 1.29 is 0 Å².